The van der Waals surface area contributed by atoms with Crippen molar-refractivity contribution in [2.75, 3.05) is 6.61 Å². The van der Waals surface area contributed by atoms with Gasteiger partial charge in [0.1, 0.15) is 23.8 Å². The van der Waals surface area contributed by atoms with E-state index in [-0.39, 0.29) is 5.82 Å². The second-order valence-corrected chi connectivity index (χ2v) is 3.00. The molecule has 0 aliphatic heterocycles. The summed E-state index contributed by atoms with van der Waals surface area (Å²) in [5.74, 6) is 0.404. The lowest BCUT2D eigenvalue weighted by atomic mass is 10.2. The first-order valence-electron chi connectivity index (χ1n) is 4.56. The Morgan fingerprint density at radius 2 is 2.29 bits per heavy atom. The van der Waals surface area contributed by atoms with E-state index in [1.54, 1.807) is 18.2 Å². The van der Waals surface area contributed by atoms with Crippen molar-refractivity contribution in [3.05, 3.63) is 35.8 Å². The summed E-state index contributed by atoms with van der Waals surface area (Å²) in [7, 11) is 0. The van der Waals surface area contributed by atoms with Crippen LogP contribution in [0.5, 0.6) is 0 Å². The molecule has 0 amide bonds. The van der Waals surface area contributed by atoms with Crippen LogP contribution in [-0.4, -0.2) is 6.61 Å². The first kappa shape index (κ1) is 9.21. The maximum Gasteiger partial charge on any atom is 0.137 e. The molecular weight excluding hydrogens is 183 g/mol. The van der Waals surface area contributed by atoms with Gasteiger partial charge in [0.25, 0.3) is 0 Å². The molecule has 2 aromatic rings. The molecule has 74 valence electrons. The third-order valence-electron chi connectivity index (χ3n) is 2.01. The SMILES string of the molecule is CCOCc1cc2c(F)cccc2o1. The molecule has 1 aromatic heterocycles. The molecule has 1 heterocycles. The average Bonchev–Trinajstić information content (AvgIpc) is 2.59. The van der Waals surface area contributed by atoms with Gasteiger partial charge in [-0.2, -0.15) is 0 Å². The van der Waals surface area contributed by atoms with Crippen molar-refractivity contribution in [2.24, 2.45) is 0 Å². The molecule has 0 saturated heterocycles. The fraction of sp³-hybridized carbons (Fsp3) is 0.273. The van der Waals surface area contributed by atoms with E-state index < -0.39 is 0 Å². The molecule has 0 radical (unpaired) electrons. The summed E-state index contributed by atoms with van der Waals surface area (Å²) in [6, 6.07) is 6.47. The summed E-state index contributed by atoms with van der Waals surface area (Å²) in [5, 5.41) is 0.516. The predicted molar refractivity (Wildman–Crippen MR) is 51.5 cm³/mol. The van der Waals surface area contributed by atoms with Crippen molar-refractivity contribution in [3.8, 4) is 0 Å². The molecule has 0 aliphatic rings. The van der Waals surface area contributed by atoms with E-state index in [1.165, 1.54) is 6.07 Å². The number of furan rings is 1. The fourth-order valence-corrected chi connectivity index (χ4v) is 1.35. The van der Waals surface area contributed by atoms with Crippen LogP contribution in [0.4, 0.5) is 4.39 Å². The molecule has 0 aliphatic carbocycles. The Bertz CT molecular complexity index is 434. The molecule has 0 atom stereocenters. The Labute approximate surface area is 81.3 Å². The highest BCUT2D eigenvalue weighted by Gasteiger charge is 2.06. The normalized spacial score (nSPS) is 11.0. The van der Waals surface area contributed by atoms with Gasteiger partial charge in [0, 0.05) is 6.61 Å². The van der Waals surface area contributed by atoms with E-state index in [0.29, 0.717) is 29.9 Å². The zero-order valence-electron chi connectivity index (χ0n) is 7.92. The van der Waals surface area contributed by atoms with Crippen molar-refractivity contribution in [2.45, 2.75) is 13.5 Å². The number of fused-ring (bicyclic) bond motifs is 1. The molecule has 0 saturated carbocycles. The summed E-state index contributed by atoms with van der Waals surface area (Å²) in [6.45, 7) is 2.92. The third kappa shape index (κ3) is 1.63. The Balaban J connectivity index is 2.36. The van der Waals surface area contributed by atoms with Crippen LogP contribution in [0.2, 0.25) is 0 Å². The van der Waals surface area contributed by atoms with E-state index in [2.05, 4.69) is 0 Å². The Morgan fingerprint density at radius 1 is 1.43 bits per heavy atom. The Morgan fingerprint density at radius 3 is 3.00 bits per heavy atom. The van der Waals surface area contributed by atoms with Crippen LogP contribution < -0.4 is 0 Å². The lowest BCUT2D eigenvalue weighted by Gasteiger charge is -1.94. The molecule has 0 bridgehead atoms. The average molecular weight is 194 g/mol. The largest absolute Gasteiger partial charge is 0.458 e. The minimum absolute atomic E-state index is 0.256. The molecule has 0 N–H and O–H groups in total. The van der Waals surface area contributed by atoms with E-state index in [4.69, 9.17) is 9.15 Å². The smallest absolute Gasteiger partial charge is 0.137 e. The summed E-state index contributed by atoms with van der Waals surface area (Å²) in [4.78, 5) is 0. The van der Waals surface area contributed by atoms with Crippen LogP contribution in [-0.2, 0) is 11.3 Å². The quantitative estimate of drug-likeness (QED) is 0.749. The molecule has 1 aromatic carbocycles. The van der Waals surface area contributed by atoms with E-state index in [9.17, 15) is 4.39 Å². The Kier molecular flexibility index (Phi) is 2.50. The second-order valence-electron chi connectivity index (χ2n) is 3.00. The molecule has 3 heteroatoms. The van der Waals surface area contributed by atoms with E-state index in [1.807, 2.05) is 6.92 Å². The second kappa shape index (κ2) is 3.80. The van der Waals surface area contributed by atoms with Crippen molar-refractivity contribution >= 4 is 11.0 Å². The molecule has 2 rings (SSSR count). The van der Waals surface area contributed by atoms with Gasteiger partial charge < -0.3 is 9.15 Å². The highest BCUT2D eigenvalue weighted by Crippen LogP contribution is 2.22. The topological polar surface area (TPSA) is 22.4 Å². The zero-order valence-corrected chi connectivity index (χ0v) is 7.92. The standard InChI is InChI=1S/C11H11FO2/c1-2-13-7-8-6-9-10(12)4-3-5-11(9)14-8/h3-6H,2,7H2,1H3. The lowest BCUT2D eigenvalue weighted by molar-refractivity contribution is 0.119. The summed E-state index contributed by atoms with van der Waals surface area (Å²) in [6.07, 6.45) is 0. The fourth-order valence-electron chi connectivity index (χ4n) is 1.35. The molecule has 0 fully saturated rings. The number of halogens is 1. The van der Waals surface area contributed by atoms with Crippen molar-refractivity contribution < 1.29 is 13.5 Å². The van der Waals surface area contributed by atoms with Gasteiger partial charge >= 0.3 is 0 Å². The highest BCUT2D eigenvalue weighted by molar-refractivity contribution is 5.78. The molecular formula is C11H11FO2. The van der Waals surface area contributed by atoms with Gasteiger partial charge in [0.2, 0.25) is 0 Å². The maximum atomic E-state index is 13.2. The molecule has 14 heavy (non-hydrogen) atoms. The van der Waals surface area contributed by atoms with Crippen molar-refractivity contribution in [3.63, 3.8) is 0 Å². The Hall–Kier alpha value is -1.35. The third-order valence-corrected chi connectivity index (χ3v) is 2.01. The van der Waals surface area contributed by atoms with Gasteiger partial charge in [-0.1, -0.05) is 6.07 Å². The first-order chi connectivity index (χ1) is 6.81. The van der Waals surface area contributed by atoms with Gasteiger partial charge in [-0.3, -0.25) is 0 Å². The van der Waals surface area contributed by atoms with E-state index >= 15 is 0 Å². The monoisotopic (exact) mass is 194 g/mol. The summed E-state index contributed by atoms with van der Waals surface area (Å²) < 4.78 is 23.8. The number of hydrogen-bond donors (Lipinski definition) is 0. The van der Waals surface area contributed by atoms with Crippen LogP contribution in [0.1, 0.15) is 12.7 Å². The van der Waals surface area contributed by atoms with Gasteiger partial charge in [0.15, 0.2) is 0 Å². The van der Waals surface area contributed by atoms with Crippen LogP contribution in [0, 0.1) is 5.82 Å². The minimum atomic E-state index is -0.256. The van der Waals surface area contributed by atoms with Crippen molar-refractivity contribution in [1.82, 2.24) is 0 Å². The highest BCUT2D eigenvalue weighted by atomic mass is 19.1. The predicted octanol–water partition coefficient (Wildman–Crippen LogP) is 3.11. The number of rotatable bonds is 3. The molecule has 0 unspecified atom stereocenters. The van der Waals surface area contributed by atoms with Crippen LogP contribution in [0.25, 0.3) is 11.0 Å². The summed E-state index contributed by atoms with van der Waals surface area (Å²) >= 11 is 0. The van der Waals surface area contributed by atoms with Crippen LogP contribution in [0.15, 0.2) is 28.7 Å². The zero-order chi connectivity index (χ0) is 9.97. The lowest BCUT2D eigenvalue weighted by Crippen LogP contribution is -1.88. The van der Waals surface area contributed by atoms with Crippen molar-refractivity contribution in [1.29, 1.82) is 0 Å². The van der Waals surface area contributed by atoms with Crippen LogP contribution >= 0.6 is 0 Å². The minimum Gasteiger partial charge on any atom is -0.458 e. The number of benzene rings is 1. The van der Waals surface area contributed by atoms with Crippen LogP contribution in [0.3, 0.4) is 0 Å². The maximum absolute atomic E-state index is 13.2. The van der Waals surface area contributed by atoms with E-state index in [0.717, 1.165) is 0 Å². The summed E-state index contributed by atoms with van der Waals surface area (Å²) in [5.41, 5.74) is 0.569. The molecule has 2 nitrogen and oxygen atoms in total. The number of ether oxygens (including phenoxy) is 1. The number of hydrogen-bond acceptors (Lipinski definition) is 2. The van der Waals surface area contributed by atoms with Gasteiger partial charge in [-0.15, -0.1) is 0 Å². The van der Waals surface area contributed by atoms with Gasteiger partial charge in [-0.25, -0.2) is 4.39 Å². The van der Waals surface area contributed by atoms with Gasteiger partial charge in [-0.05, 0) is 25.1 Å². The molecule has 0 spiro atoms. The van der Waals surface area contributed by atoms with Gasteiger partial charge in [0.05, 0.1) is 5.39 Å². The first-order valence-corrected chi connectivity index (χ1v) is 4.56.